The van der Waals surface area contributed by atoms with Gasteiger partial charge in [-0.05, 0) is 83.5 Å². The van der Waals surface area contributed by atoms with E-state index in [9.17, 15) is 14.4 Å². The summed E-state index contributed by atoms with van der Waals surface area (Å²) in [5.41, 5.74) is 0. The van der Waals surface area contributed by atoms with Gasteiger partial charge < -0.3 is 14.2 Å². The second-order valence-electron chi connectivity index (χ2n) is 22.4. The van der Waals surface area contributed by atoms with E-state index in [1.165, 1.54) is 199 Å². The standard InChI is InChI=1S/C72H126O6/c1-4-7-10-13-16-19-22-25-28-30-32-33-34-35-36-37-38-39-41-42-44-47-50-53-56-59-62-65-71(74)77-68-69(67-76-70(73)64-61-58-55-52-49-46-27-24-21-18-15-12-9-6-3)78-72(75)66-63-60-57-54-51-48-45-43-40-31-29-26-23-20-17-14-11-8-5-2/h8,11,17,20,24,26-27,29,40,43,48,51,57,60,69H,4-7,9-10,12-16,18-19,21-23,25,28,30-39,41-42,44-47,49-50,52-56,58-59,61-68H2,1-3H3/b11-8-,20-17-,27-24-,29-26-,43-40-,51-48-,60-57-. The lowest BCUT2D eigenvalue weighted by molar-refractivity contribution is -0.166. The predicted molar refractivity (Wildman–Crippen MR) is 339 cm³/mol. The number of esters is 3. The molecule has 0 aromatic rings. The maximum Gasteiger partial charge on any atom is 0.306 e. The second-order valence-corrected chi connectivity index (χ2v) is 22.4. The van der Waals surface area contributed by atoms with E-state index in [1.54, 1.807) is 0 Å². The van der Waals surface area contributed by atoms with Gasteiger partial charge in [0.2, 0.25) is 0 Å². The minimum Gasteiger partial charge on any atom is -0.462 e. The number of hydrogen-bond donors (Lipinski definition) is 0. The Hall–Kier alpha value is -3.41. The van der Waals surface area contributed by atoms with E-state index in [0.717, 1.165) is 89.9 Å². The molecule has 0 fully saturated rings. The number of ether oxygens (including phenoxy) is 3. The van der Waals surface area contributed by atoms with Crippen LogP contribution in [0, 0.1) is 0 Å². The van der Waals surface area contributed by atoms with Crippen LogP contribution in [0.1, 0.15) is 335 Å². The summed E-state index contributed by atoms with van der Waals surface area (Å²) < 4.78 is 16.9. The molecule has 0 bridgehead atoms. The van der Waals surface area contributed by atoms with Gasteiger partial charge in [0.15, 0.2) is 6.10 Å². The van der Waals surface area contributed by atoms with Crippen LogP contribution >= 0.6 is 0 Å². The molecule has 450 valence electrons. The van der Waals surface area contributed by atoms with Crippen LogP contribution in [0.3, 0.4) is 0 Å². The molecule has 6 nitrogen and oxygen atoms in total. The topological polar surface area (TPSA) is 78.9 Å². The highest BCUT2D eigenvalue weighted by Crippen LogP contribution is 2.17. The molecule has 0 saturated carbocycles. The summed E-state index contributed by atoms with van der Waals surface area (Å²) in [5.74, 6) is -0.986. The normalized spacial score (nSPS) is 12.6. The number of allylic oxidation sites excluding steroid dienone is 14. The van der Waals surface area contributed by atoms with E-state index >= 15 is 0 Å². The van der Waals surface area contributed by atoms with Crippen molar-refractivity contribution in [3.63, 3.8) is 0 Å². The molecule has 0 saturated heterocycles. The van der Waals surface area contributed by atoms with Crippen LogP contribution in [0.2, 0.25) is 0 Å². The molecule has 6 heteroatoms. The number of carbonyl (C=O) groups is 3. The number of hydrogen-bond acceptors (Lipinski definition) is 6. The third-order valence-electron chi connectivity index (χ3n) is 14.6. The highest BCUT2D eigenvalue weighted by Gasteiger charge is 2.19. The van der Waals surface area contributed by atoms with Crippen molar-refractivity contribution in [1.29, 1.82) is 0 Å². The van der Waals surface area contributed by atoms with Crippen LogP contribution in [0.5, 0.6) is 0 Å². The highest BCUT2D eigenvalue weighted by atomic mass is 16.6. The molecule has 78 heavy (non-hydrogen) atoms. The summed E-state index contributed by atoms with van der Waals surface area (Å²) in [6, 6.07) is 0. The van der Waals surface area contributed by atoms with E-state index in [1.807, 2.05) is 6.08 Å². The maximum atomic E-state index is 12.9. The van der Waals surface area contributed by atoms with Crippen molar-refractivity contribution >= 4 is 17.9 Å². The van der Waals surface area contributed by atoms with Gasteiger partial charge >= 0.3 is 17.9 Å². The van der Waals surface area contributed by atoms with Crippen molar-refractivity contribution in [2.75, 3.05) is 13.2 Å². The Morgan fingerprint density at radius 2 is 0.526 bits per heavy atom. The summed E-state index contributed by atoms with van der Waals surface area (Å²) in [7, 11) is 0. The van der Waals surface area contributed by atoms with Crippen molar-refractivity contribution < 1.29 is 28.6 Å². The maximum absolute atomic E-state index is 12.9. The van der Waals surface area contributed by atoms with Crippen LogP contribution in [0.25, 0.3) is 0 Å². The van der Waals surface area contributed by atoms with Gasteiger partial charge in [0.05, 0.1) is 0 Å². The van der Waals surface area contributed by atoms with Crippen LogP contribution in [0.15, 0.2) is 85.1 Å². The minimum atomic E-state index is -0.821. The molecular formula is C72H126O6. The van der Waals surface area contributed by atoms with Gasteiger partial charge in [0.25, 0.3) is 0 Å². The smallest absolute Gasteiger partial charge is 0.306 e. The fraction of sp³-hybridized carbons (Fsp3) is 0.764. The van der Waals surface area contributed by atoms with Gasteiger partial charge in [-0.3, -0.25) is 14.4 Å². The lowest BCUT2D eigenvalue weighted by Crippen LogP contribution is -2.30. The van der Waals surface area contributed by atoms with Crippen LogP contribution < -0.4 is 0 Å². The zero-order valence-electron chi connectivity index (χ0n) is 51.7. The quantitative estimate of drug-likeness (QED) is 0.0261. The Morgan fingerprint density at radius 1 is 0.269 bits per heavy atom. The SMILES string of the molecule is CC/C=C\C/C=C\C/C=C\C/C=C\C/C=C\C/C=C\CCC(=O)OC(COC(=O)CCCCCCC/C=C\CCCCCCC)COC(=O)CCCCCCCCCCCCCCCCCCCCCCCCCCCCC. The Kier molecular flexibility index (Phi) is 63.2. The van der Waals surface area contributed by atoms with Gasteiger partial charge in [-0.2, -0.15) is 0 Å². The second kappa shape index (κ2) is 66.1. The molecular weight excluding hydrogens is 961 g/mol. The van der Waals surface area contributed by atoms with E-state index in [4.69, 9.17) is 14.2 Å². The first-order valence-corrected chi connectivity index (χ1v) is 33.6. The predicted octanol–water partition coefficient (Wildman–Crippen LogP) is 23.1. The summed E-state index contributed by atoms with van der Waals surface area (Å²) >= 11 is 0. The van der Waals surface area contributed by atoms with Gasteiger partial charge in [0, 0.05) is 19.3 Å². The molecule has 0 amide bonds. The van der Waals surface area contributed by atoms with E-state index < -0.39 is 6.10 Å². The van der Waals surface area contributed by atoms with Crippen molar-refractivity contribution in [2.24, 2.45) is 0 Å². The Labute approximate surface area is 484 Å². The Bertz CT molecular complexity index is 1480. The molecule has 1 atom stereocenters. The van der Waals surface area contributed by atoms with E-state index in [-0.39, 0.29) is 37.5 Å². The first-order chi connectivity index (χ1) is 38.5. The Balaban J connectivity index is 4.33. The van der Waals surface area contributed by atoms with Gasteiger partial charge in [-0.1, -0.05) is 318 Å². The number of rotatable bonds is 61. The van der Waals surface area contributed by atoms with Crippen molar-refractivity contribution in [1.82, 2.24) is 0 Å². The van der Waals surface area contributed by atoms with Crippen LogP contribution in [0.4, 0.5) is 0 Å². The Morgan fingerprint density at radius 3 is 0.833 bits per heavy atom. The molecule has 0 aliphatic heterocycles. The molecule has 0 N–H and O–H groups in total. The zero-order valence-corrected chi connectivity index (χ0v) is 51.7. The van der Waals surface area contributed by atoms with E-state index in [0.29, 0.717) is 19.3 Å². The summed E-state index contributed by atoms with van der Waals surface area (Å²) in [6.07, 6.45) is 87.7. The lowest BCUT2D eigenvalue weighted by atomic mass is 10.0. The van der Waals surface area contributed by atoms with Crippen LogP contribution in [-0.2, 0) is 28.6 Å². The molecule has 0 aliphatic carbocycles. The number of unbranched alkanes of at least 4 members (excludes halogenated alkanes) is 36. The average molecular weight is 1090 g/mol. The molecule has 0 radical (unpaired) electrons. The minimum absolute atomic E-state index is 0.107. The fourth-order valence-corrected chi connectivity index (χ4v) is 9.64. The molecule has 0 aliphatic rings. The third-order valence-corrected chi connectivity index (χ3v) is 14.6. The molecule has 0 spiro atoms. The average Bonchev–Trinajstić information content (AvgIpc) is 3.44. The van der Waals surface area contributed by atoms with Crippen molar-refractivity contribution in [3.05, 3.63) is 85.1 Å². The first-order valence-electron chi connectivity index (χ1n) is 33.6. The molecule has 0 heterocycles. The van der Waals surface area contributed by atoms with Gasteiger partial charge in [0.1, 0.15) is 13.2 Å². The molecule has 1 unspecified atom stereocenters. The third kappa shape index (κ3) is 63.4. The van der Waals surface area contributed by atoms with Crippen molar-refractivity contribution in [2.45, 2.75) is 341 Å². The monoisotopic (exact) mass is 1090 g/mol. The lowest BCUT2D eigenvalue weighted by Gasteiger charge is -2.18. The zero-order chi connectivity index (χ0) is 56.4. The summed E-state index contributed by atoms with van der Waals surface area (Å²) in [5, 5.41) is 0. The summed E-state index contributed by atoms with van der Waals surface area (Å²) in [4.78, 5) is 38.3. The number of carbonyl (C=O) groups excluding carboxylic acids is 3. The molecule has 0 rings (SSSR count). The highest BCUT2D eigenvalue weighted by molar-refractivity contribution is 5.71. The summed E-state index contributed by atoms with van der Waals surface area (Å²) in [6.45, 7) is 6.49. The van der Waals surface area contributed by atoms with E-state index in [2.05, 4.69) is 99.8 Å². The van der Waals surface area contributed by atoms with Crippen molar-refractivity contribution in [3.8, 4) is 0 Å². The first kappa shape index (κ1) is 74.6. The largest absolute Gasteiger partial charge is 0.462 e. The molecule has 0 aromatic heterocycles. The van der Waals surface area contributed by atoms with Crippen LogP contribution in [-0.4, -0.2) is 37.2 Å². The molecule has 0 aromatic carbocycles. The van der Waals surface area contributed by atoms with Gasteiger partial charge in [-0.15, -0.1) is 0 Å². The fourth-order valence-electron chi connectivity index (χ4n) is 9.64. The van der Waals surface area contributed by atoms with Gasteiger partial charge in [-0.25, -0.2) is 0 Å².